The Hall–Kier alpha value is -1.50. The van der Waals surface area contributed by atoms with Gasteiger partial charge in [-0.3, -0.25) is 16.3 Å². The van der Waals surface area contributed by atoms with Gasteiger partial charge in [0.1, 0.15) is 11.6 Å². The predicted molar refractivity (Wildman–Crippen MR) is 81.3 cm³/mol. The van der Waals surface area contributed by atoms with E-state index in [1.165, 1.54) is 11.8 Å². The Balaban J connectivity index is 1.94. The first-order valence-electron chi connectivity index (χ1n) is 6.68. The molecule has 0 fully saturated rings. The van der Waals surface area contributed by atoms with Gasteiger partial charge in [0, 0.05) is 22.7 Å². The fraction of sp³-hybridized carbons (Fsp3) is 0.267. The molecule has 0 aliphatic carbocycles. The summed E-state index contributed by atoms with van der Waals surface area (Å²) in [6, 6.07) is 5.35. The van der Waals surface area contributed by atoms with Crippen LogP contribution in [0.1, 0.15) is 22.7 Å². The molecule has 3 N–H and O–H groups in total. The summed E-state index contributed by atoms with van der Waals surface area (Å²) >= 11 is 3.51. The lowest BCUT2D eigenvalue weighted by Crippen LogP contribution is -2.30. The van der Waals surface area contributed by atoms with Crippen LogP contribution in [0.2, 0.25) is 0 Å². The summed E-state index contributed by atoms with van der Waals surface area (Å²) in [6.45, 7) is 0.684. The average molecular weight is 352 g/mol. The van der Waals surface area contributed by atoms with Crippen LogP contribution in [0.25, 0.3) is 0 Å². The van der Waals surface area contributed by atoms with Gasteiger partial charge in [0.15, 0.2) is 0 Å². The van der Waals surface area contributed by atoms with Crippen LogP contribution in [-0.2, 0) is 12.8 Å². The van der Waals surface area contributed by atoms with Crippen molar-refractivity contribution in [2.24, 2.45) is 5.84 Å². The largest absolute Gasteiger partial charge is 0.493 e. The summed E-state index contributed by atoms with van der Waals surface area (Å²) in [7, 11) is 0. The summed E-state index contributed by atoms with van der Waals surface area (Å²) in [4.78, 5) is 3.76. The molecular weight excluding hydrogens is 337 g/mol. The minimum atomic E-state index is -0.368. The maximum Gasteiger partial charge on any atom is 0.146 e. The molecule has 1 aromatic carbocycles. The Morgan fingerprint density at radius 3 is 3.10 bits per heavy atom. The molecule has 0 spiro atoms. The number of halogens is 2. The van der Waals surface area contributed by atoms with E-state index in [2.05, 4.69) is 32.4 Å². The summed E-state index contributed by atoms with van der Waals surface area (Å²) < 4.78 is 20.6. The lowest BCUT2D eigenvalue weighted by Gasteiger charge is -2.18. The smallest absolute Gasteiger partial charge is 0.146 e. The van der Waals surface area contributed by atoms with E-state index in [1.54, 1.807) is 12.3 Å². The molecule has 2 heterocycles. The van der Waals surface area contributed by atoms with Gasteiger partial charge in [0.05, 0.1) is 18.8 Å². The van der Waals surface area contributed by atoms with E-state index in [1.807, 2.05) is 6.07 Å². The van der Waals surface area contributed by atoms with Crippen molar-refractivity contribution in [2.75, 3.05) is 6.61 Å². The molecule has 6 heteroatoms. The molecule has 0 amide bonds. The van der Waals surface area contributed by atoms with Crippen LogP contribution in [0, 0.1) is 5.82 Å². The molecule has 1 aliphatic heterocycles. The van der Waals surface area contributed by atoms with Crippen LogP contribution >= 0.6 is 15.9 Å². The second-order valence-corrected chi connectivity index (χ2v) is 5.89. The van der Waals surface area contributed by atoms with Crippen molar-refractivity contribution in [1.29, 1.82) is 0 Å². The molecule has 0 bridgehead atoms. The first-order valence-corrected chi connectivity index (χ1v) is 7.48. The monoisotopic (exact) mass is 351 g/mol. The molecule has 0 radical (unpaired) electrons. The first kappa shape index (κ1) is 14.4. The fourth-order valence-electron chi connectivity index (χ4n) is 2.64. The van der Waals surface area contributed by atoms with E-state index in [0.29, 0.717) is 18.6 Å². The number of benzene rings is 1. The summed E-state index contributed by atoms with van der Waals surface area (Å²) in [5.41, 5.74) is 5.36. The number of hydrazine groups is 1. The molecule has 4 nitrogen and oxygen atoms in total. The van der Waals surface area contributed by atoms with Gasteiger partial charge < -0.3 is 4.74 Å². The topological polar surface area (TPSA) is 60.2 Å². The standard InChI is InChI=1S/C15H15BrFN3O/c16-11-5-9-2-4-21-15(9)10(6-11)7-14(20-18)12-1-3-19-8-13(12)17/h1,3,5-6,8,14,20H,2,4,7,18H2. The van der Waals surface area contributed by atoms with E-state index < -0.39 is 0 Å². The number of hydrogen-bond acceptors (Lipinski definition) is 4. The minimum absolute atomic E-state index is 0.337. The van der Waals surface area contributed by atoms with E-state index >= 15 is 0 Å². The molecule has 1 aliphatic rings. The van der Waals surface area contributed by atoms with Crippen molar-refractivity contribution in [3.63, 3.8) is 0 Å². The van der Waals surface area contributed by atoms with Crippen LogP contribution < -0.4 is 16.0 Å². The van der Waals surface area contributed by atoms with Crippen molar-refractivity contribution in [3.05, 3.63) is 57.6 Å². The van der Waals surface area contributed by atoms with Crippen LogP contribution in [0.3, 0.4) is 0 Å². The normalized spacial score (nSPS) is 14.6. The molecule has 110 valence electrons. The lowest BCUT2D eigenvalue weighted by molar-refractivity contribution is 0.351. The number of ether oxygens (including phenoxy) is 1. The highest BCUT2D eigenvalue weighted by atomic mass is 79.9. The lowest BCUT2D eigenvalue weighted by atomic mass is 9.97. The Morgan fingerprint density at radius 2 is 2.33 bits per heavy atom. The van der Waals surface area contributed by atoms with Crippen LogP contribution in [-0.4, -0.2) is 11.6 Å². The summed E-state index contributed by atoms with van der Waals surface area (Å²) in [6.07, 6.45) is 4.19. The summed E-state index contributed by atoms with van der Waals surface area (Å²) in [5.74, 6) is 6.14. The second-order valence-electron chi connectivity index (χ2n) is 4.97. The van der Waals surface area contributed by atoms with Gasteiger partial charge in [-0.25, -0.2) is 4.39 Å². The number of aromatic nitrogens is 1. The van der Waals surface area contributed by atoms with Gasteiger partial charge >= 0.3 is 0 Å². The van der Waals surface area contributed by atoms with Crippen LogP contribution in [0.4, 0.5) is 4.39 Å². The number of hydrogen-bond donors (Lipinski definition) is 2. The molecule has 0 saturated carbocycles. The van der Waals surface area contributed by atoms with Crippen LogP contribution in [0.5, 0.6) is 5.75 Å². The number of fused-ring (bicyclic) bond motifs is 1. The average Bonchev–Trinajstić information content (AvgIpc) is 2.93. The second kappa shape index (κ2) is 6.09. The van der Waals surface area contributed by atoms with Gasteiger partial charge in [-0.1, -0.05) is 15.9 Å². The Kier molecular flexibility index (Phi) is 4.19. The zero-order valence-corrected chi connectivity index (χ0v) is 12.9. The first-order chi connectivity index (χ1) is 10.2. The molecule has 1 atom stereocenters. The highest BCUT2D eigenvalue weighted by Gasteiger charge is 2.22. The molecule has 3 rings (SSSR count). The Morgan fingerprint density at radius 1 is 1.48 bits per heavy atom. The number of nitrogens with two attached hydrogens (primary N) is 1. The predicted octanol–water partition coefficient (Wildman–Crippen LogP) is 2.67. The van der Waals surface area contributed by atoms with Gasteiger partial charge in [-0.15, -0.1) is 0 Å². The Bertz CT molecular complexity index is 665. The molecule has 21 heavy (non-hydrogen) atoms. The molecule has 0 saturated heterocycles. The quantitative estimate of drug-likeness (QED) is 0.656. The van der Waals surface area contributed by atoms with Crippen molar-refractivity contribution in [3.8, 4) is 5.75 Å². The van der Waals surface area contributed by atoms with Crippen LogP contribution in [0.15, 0.2) is 35.1 Å². The maximum absolute atomic E-state index is 13.9. The van der Waals surface area contributed by atoms with E-state index in [9.17, 15) is 4.39 Å². The number of nitrogens with one attached hydrogen (secondary N) is 1. The SMILES string of the molecule is NNC(Cc1cc(Br)cc2c1OCC2)c1ccncc1F. The van der Waals surface area contributed by atoms with Gasteiger partial charge in [0.2, 0.25) is 0 Å². The van der Waals surface area contributed by atoms with E-state index in [4.69, 9.17) is 10.6 Å². The third kappa shape index (κ3) is 2.92. The number of nitrogens with zero attached hydrogens (tertiary/aromatic N) is 1. The van der Waals surface area contributed by atoms with Crippen molar-refractivity contribution in [1.82, 2.24) is 10.4 Å². The molecule has 1 unspecified atom stereocenters. The number of rotatable bonds is 4. The van der Waals surface area contributed by atoms with Crippen molar-refractivity contribution >= 4 is 15.9 Å². The van der Waals surface area contributed by atoms with Gasteiger partial charge in [-0.05, 0) is 35.7 Å². The minimum Gasteiger partial charge on any atom is -0.493 e. The van der Waals surface area contributed by atoms with Crippen molar-refractivity contribution in [2.45, 2.75) is 18.9 Å². The molecule has 2 aromatic rings. The highest BCUT2D eigenvalue weighted by molar-refractivity contribution is 9.10. The van der Waals surface area contributed by atoms with Crippen molar-refractivity contribution < 1.29 is 9.13 Å². The maximum atomic E-state index is 13.9. The van der Waals surface area contributed by atoms with Gasteiger partial charge in [-0.2, -0.15) is 0 Å². The summed E-state index contributed by atoms with van der Waals surface area (Å²) in [5, 5.41) is 0. The van der Waals surface area contributed by atoms with E-state index in [0.717, 1.165) is 22.2 Å². The third-order valence-corrected chi connectivity index (χ3v) is 4.09. The highest BCUT2D eigenvalue weighted by Crippen LogP contribution is 2.35. The number of pyridine rings is 1. The van der Waals surface area contributed by atoms with E-state index in [-0.39, 0.29) is 11.9 Å². The van der Waals surface area contributed by atoms with Gasteiger partial charge in [0.25, 0.3) is 0 Å². The third-order valence-electron chi connectivity index (χ3n) is 3.63. The zero-order valence-electron chi connectivity index (χ0n) is 11.3. The Labute approximate surface area is 130 Å². The fourth-order valence-corrected chi connectivity index (χ4v) is 3.20. The molecule has 1 aromatic heterocycles. The molecular formula is C15H15BrFN3O. The zero-order chi connectivity index (χ0) is 14.8.